The quantitative estimate of drug-likeness (QED) is 0.470. The Balaban J connectivity index is 1.99. The third-order valence-electron chi connectivity index (χ3n) is 4.17. The van der Waals surface area contributed by atoms with Crippen LogP contribution in [-0.4, -0.2) is 10.4 Å². The van der Waals surface area contributed by atoms with E-state index in [4.69, 9.17) is 0 Å². The van der Waals surface area contributed by atoms with Crippen LogP contribution >= 0.6 is 11.3 Å². The first-order chi connectivity index (χ1) is 10.5. The molecule has 0 N–H and O–H groups in total. The summed E-state index contributed by atoms with van der Waals surface area (Å²) < 4.78 is 2.32. The van der Waals surface area contributed by atoms with Gasteiger partial charge in [0.1, 0.15) is 11.6 Å². The Kier molecular flexibility index (Phi) is 3.76. The summed E-state index contributed by atoms with van der Waals surface area (Å²) in [4.78, 5) is 13.2. The Labute approximate surface area is 134 Å². The van der Waals surface area contributed by atoms with Crippen molar-refractivity contribution >= 4 is 23.2 Å². The van der Waals surface area contributed by atoms with Gasteiger partial charge in [0.05, 0.1) is 4.88 Å². The molecule has 0 atom stereocenters. The Morgan fingerprint density at radius 3 is 2.68 bits per heavy atom. The number of rotatable bonds is 4. The number of hydrogen-bond acceptors (Lipinski definition) is 3. The predicted molar refractivity (Wildman–Crippen MR) is 89.2 cm³/mol. The molecular weight excluding hydrogens is 292 g/mol. The molecule has 1 aliphatic carbocycles. The second-order valence-corrected chi connectivity index (χ2v) is 6.78. The van der Waals surface area contributed by atoms with Crippen molar-refractivity contribution in [2.75, 3.05) is 0 Å². The van der Waals surface area contributed by atoms with E-state index in [1.807, 2.05) is 18.4 Å². The molecule has 0 radical (unpaired) electrons. The molecule has 112 valence electrons. The number of aromatic nitrogens is 1. The standard InChI is InChI=1S/C18H18N2OS/c1-11-6-7-22-18(11)17(21)15(10-19)9-14-8-12(2)20(13(14)3)16-4-5-16/h6-9,16H,4-5H2,1-3H3. The van der Waals surface area contributed by atoms with Gasteiger partial charge in [0, 0.05) is 17.4 Å². The van der Waals surface area contributed by atoms with E-state index in [9.17, 15) is 10.1 Å². The van der Waals surface area contributed by atoms with Crippen LogP contribution in [0.25, 0.3) is 6.08 Å². The fraction of sp³-hybridized carbons (Fsp3) is 0.333. The fourth-order valence-corrected chi connectivity index (χ4v) is 3.75. The van der Waals surface area contributed by atoms with Gasteiger partial charge in [-0.05, 0) is 68.3 Å². The van der Waals surface area contributed by atoms with Gasteiger partial charge in [0.2, 0.25) is 5.78 Å². The normalized spacial score (nSPS) is 14.9. The largest absolute Gasteiger partial charge is 0.346 e. The molecule has 2 aromatic rings. The minimum atomic E-state index is -0.175. The monoisotopic (exact) mass is 310 g/mol. The molecule has 0 aromatic carbocycles. The van der Waals surface area contributed by atoms with E-state index in [0.29, 0.717) is 10.9 Å². The molecule has 3 rings (SSSR count). The summed E-state index contributed by atoms with van der Waals surface area (Å²) >= 11 is 1.39. The number of allylic oxidation sites excluding steroid dienone is 1. The van der Waals surface area contributed by atoms with Gasteiger partial charge in [-0.3, -0.25) is 4.79 Å². The van der Waals surface area contributed by atoms with Gasteiger partial charge < -0.3 is 4.57 Å². The number of nitriles is 1. The lowest BCUT2D eigenvalue weighted by Gasteiger charge is -2.06. The minimum Gasteiger partial charge on any atom is -0.346 e. The SMILES string of the molecule is Cc1ccsc1C(=O)C(C#N)=Cc1cc(C)n(C2CC2)c1C. The Hall–Kier alpha value is -2.12. The Morgan fingerprint density at radius 1 is 1.41 bits per heavy atom. The highest BCUT2D eigenvalue weighted by Gasteiger charge is 2.27. The number of Topliss-reactive ketones (excluding diaryl/α,β-unsaturated/α-hetero) is 1. The highest BCUT2D eigenvalue weighted by Crippen LogP contribution is 2.38. The van der Waals surface area contributed by atoms with E-state index < -0.39 is 0 Å². The van der Waals surface area contributed by atoms with Crippen molar-refractivity contribution in [1.29, 1.82) is 5.26 Å². The highest BCUT2D eigenvalue weighted by molar-refractivity contribution is 7.12. The van der Waals surface area contributed by atoms with E-state index >= 15 is 0 Å². The third kappa shape index (κ3) is 2.53. The van der Waals surface area contributed by atoms with Gasteiger partial charge in [0.25, 0.3) is 0 Å². The molecule has 0 spiro atoms. The molecular formula is C18H18N2OS. The molecule has 0 unspecified atom stereocenters. The summed E-state index contributed by atoms with van der Waals surface area (Å²) in [7, 11) is 0. The topological polar surface area (TPSA) is 45.8 Å². The van der Waals surface area contributed by atoms with E-state index in [-0.39, 0.29) is 11.4 Å². The van der Waals surface area contributed by atoms with Crippen molar-refractivity contribution in [3.63, 3.8) is 0 Å². The van der Waals surface area contributed by atoms with Crippen LogP contribution in [-0.2, 0) is 0 Å². The number of ketones is 1. The zero-order chi connectivity index (χ0) is 15.9. The molecule has 2 aromatic heterocycles. The van der Waals surface area contributed by atoms with E-state index in [0.717, 1.165) is 16.8 Å². The summed E-state index contributed by atoms with van der Waals surface area (Å²) in [6.07, 6.45) is 4.18. The maximum absolute atomic E-state index is 12.5. The van der Waals surface area contributed by atoms with Crippen LogP contribution in [0.5, 0.6) is 0 Å². The van der Waals surface area contributed by atoms with Crippen LogP contribution in [0.15, 0.2) is 23.1 Å². The van der Waals surface area contributed by atoms with Gasteiger partial charge in [-0.2, -0.15) is 5.26 Å². The fourth-order valence-electron chi connectivity index (χ4n) is 2.88. The summed E-state index contributed by atoms with van der Waals surface area (Å²) in [5, 5.41) is 11.3. The Bertz CT molecular complexity index is 813. The average molecular weight is 310 g/mol. The summed E-state index contributed by atoms with van der Waals surface area (Å²) in [5.74, 6) is -0.175. The number of thiophene rings is 1. The molecule has 0 saturated heterocycles. The maximum atomic E-state index is 12.5. The lowest BCUT2D eigenvalue weighted by atomic mass is 10.1. The first-order valence-corrected chi connectivity index (χ1v) is 8.30. The average Bonchev–Trinajstić information content (AvgIpc) is 3.16. The number of aryl methyl sites for hydroxylation is 2. The molecule has 1 fully saturated rings. The maximum Gasteiger partial charge on any atom is 0.213 e. The summed E-state index contributed by atoms with van der Waals surface area (Å²) in [6, 6.07) is 6.65. The number of carbonyl (C=O) groups is 1. The lowest BCUT2D eigenvalue weighted by Crippen LogP contribution is -2.02. The number of nitrogens with zero attached hydrogens (tertiary/aromatic N) is 2. The van der Waals surface area contributed by atoms with Gasteiger partial charge in [-0.1, -0.05) is 0 Å². The van der Waals surface area contributed by atoms with Gasteiger partial charge in [-0.25, -0.2) is 0 Å². The molecule has 22 heavy (non-hydrogen) atoms. The third-order valence-corrected chi connectivity index (χ3v) is 5.18. The molecule has 0 bridgehead atoms. The summed E-state index contributed by atoms with van der Waals surface area (Å²) in [5.41, 5.74) is 4.46. The first kappa shape index (κ1) is 14.8. The van der Waals surface area contributed by atoms with Gasteiger partial charge in [-0.15, -0.1) is 11.3 Å². The predicted octanol–water partition coefficient (Wildman–Crippen LogP) is 4.60. The molecule has 3 nitrogen and oxygen atoms in total. The van der Waals surface area contributed by atoms with Crippen LogP contribution in [0.1, 0.15) is 51.1 Å². The van der Waals surface area contributed by atoms with Gasteiger partial charge in [0.15, 0.2) is 0 Å². The van der Waals surface area contributed by atoms with Crippen molar-refractivity contribution in [2.24, 2.45) is 0 Å². The number of hydrogen-bond donors (Lipinski definition) is 0. The van der Waals surface area contributed by atoms with Crippen molar-refractivity contribution in [1.82, 2.24) is 4.57 Å². The van der Waals surface area contributed by atoms with E-state index in [1.54, 1.807) is 6.08 Å². The zero-order valence-electron chi connectivity index (χ0n) is 13.0. The van der Waals surface area contributed by atoms with Crippen LogP contribution in [0.4, 0.5) is 0 Å². The molecule has 2 heterocycles. The van der Waals surface area contributed by atoms with E-state index in [2.05, 4.69) is 30.6 Å². The molecule has 1 aliphatic rings. The van der Waals surface area contributed by atoms with Crippen molar-refractivity contribution in [2.45, 2.75) is 39.7 Å². The second-order valence-electron chi connectivity index (χ2n) is 5.86. The molecule has 1 saturated carbocycles. The molecule has 0 amide bonds. The second kappa shape index (κ2) is 5.58. The first-order valence-electron chi connectivity index (χ1n) is 7.42. The van der Waals surface area contributed by atoms with Crippen LogP contribution in [0, 0.1) is 32.1 Å². The summed E-state index contributed by atoms with van der Waals surface area (Å²) in [6.45, 7) is 6.05. The highest BCUT2D eigenvalue weighted by atomic mass is 32.1. The van der Waals surface area contributed by atoms with E-state index in [1.165, 1.54) is 29.9 Å². The van der Waals surface area contributed by atoms with Crippen LogP contribution in [0.2, 0.25) is 0 Å². The van der Waals surface area contributed by atoms with Crippen LogP contribution in [0.3, 0.4) is 0 Å². The lowest BCUT2D eigenvalue weighted by molar-refractivity contribution is 0.104. The zero-order valence-corrected chi connectivity index (χ0v) is 13.8. The smallest absolute Gasteiger partial charge is 0.213 e. The molecule has 0 aliphatic heterocycles. The number of carbonyl (C=O) groups excluding carboxylic acids is 1. The van der Waals surface area contributed by atoms with Crippen molar-refractivity contribution in [3.8, 4) is 6.07 Å². The molecule has 4 heteroatoms. The minimum absolute atomic E-state index is 0.175. The van der Waals surface area contributed by atoms with Crippen molar-refractivity contribution < 1.29 is 4.79 Å². The Morgan fingerprint density at radius 2 is 2.14 bits per heavy atom. The van der Waals surface area contributed by atoms with Crippen LogP contribution < -0.4 is 0 Å². The van der Waals surface area contributed by atoms with Gasteiger partial charge >= 0.3 is 0 Å². The van der Waals surface area contributed by atoms with Crippen molar-refractivity contribution in [3.05, 3.63) is 50.5 Å².